The van der Waals surface area contributed by atoms with Gasteiger partial charge in [0.15, 0.2) is 0 Å². The molecule has 0 aliphatic rings. The molecule has 0 aliphatic carbocycles. The van der Waals surface area contributed by atoms with Crippen molar-refractivity contribution in [3.63, 3.8) is 0 Å². The molecule has 0 aromatic heterocycles. The van der Waals surface area contributed by atoms with E-state index >= 15 is 0 Å². The normalized spacial score (nSPS) is 11.3. The zero-order valence-corrected chi connectivity index (χ0v) is 10.9. The zero-order chi connectivity index (χ0) is 12.8. The molecule has 0 saturated carbocycles. The van der Waals surface area contributed by atoms with E-state index in [1.54, 1.807) is 0 Å². The maximum absolute atomic E-state index is 4.33. The van der Waals surface area contributed by atoms with Crippen molar-refractivity contribution in [1.29, 1.82) is 0 Å². The molecule has 0 N–H and O–H groups in total. The molecule has 2 aromatic rings. The SMILES string of the molecule is CC(C)N=Nc1ccccc1Cc1ccccc1. The highest BCUT2D eigenvalue weighted by atomic mass is 15.1. The first-order valence-electron chi connectivity index (χ1n) is 6.28. The van der Waals surface area contributed by atoms with E-state index in [9.17, 15) is 0 Å². The molecule has 2 nitrogen and oxygen atoms in total. The van der Waals surface area contributed by atoms with E-state index in [2.05, 4.69) is 40.6 Å². The number of hydrogen-bond acceptors (Lipinski definition) is 2. The van der Waals surface area contributed by atoms with Crippen molar-refractivity contribution in [1.82, 2.24) is 0 Å². The number of nitrogens with zero attached hydrogens (tertiary/aromatic N) is 2. The van der Waals surface area contributed by atoms with Crippen LogP contribution in [0.1, 0.15) is 25.0 Å². The third kappa shape index (κ3) is 3.52. The predicted octanol–water partition coefficient (Wildman–Crippen LogP) is 4.77. The Kier molecular flexibility index (Phi) is 4.24. The van der Waals surface area contributed by atoms with Crippen LogP contribution in [0.5, 0.6) is 0 Å². The van der Waals surface area contributed by atoms with E-state index in [1.165, 1.54) is 11.1 Å². The van der Waals surface area contributed by atoms with Crippen LogP contribution in [0.25, 0.3) is 0 Å². The van der Waals surface area contributed by atoms with Crippen molar-refractivity contribution >= 4 is 5.69 Å². The zero-order valence-electron chi connectivity index (χ0n) is 10.9. The maximum Gasteiger partial charge on any atom is 0.0887 e. The van der Waals surface area contributed by atoms with Crippen LogP contribution in [0, 0.1) is 0 Å². The molecule has 0 radical (unpaired) electrons. The van der Waals surface area contributed by atoms with Crippen LogP contribution < -0.4 is 0 Å². The summed E-state index contributed by atoms with van der Waals surface area (Å²) in [5.41, 5.74) is 3.48. The summed E-state index contributed by atoms with van der Waals surface area (Å²) in [4.78, 5) is 0. The fourth-order valence-corrected chi connectivity index (χ4v) is 1.75. The highest BCUT2D eigenvalue weighted by Gasteiger charge is 2.02. The fourth-order valence-electron chi connectivity index (χ4n) is 1.75. The molecule has 18 heavy (non-hydrogen) atoms. The van der Waals surface area contributed by atoms with Gasteiger partial charge in [-0.1, -0.05) is 48.5 Å². The van der Waals surface area contributed by atoms with Gasteiger partial charge < -0.3 is 0 Å². The molecule has 0 unspecified atom stereocenters. The molecule has 0 saturated heterocycles. The van der Waals surface area contributed by atoms with Crippen LogP contribution in [0.4, 0.5) is 5.69 Å². The molecule has 2 heteroatoms. The van der Waals surface area contributed by atoms with Gasteiger partial charge in [0.2, 0.25) is 0 Å². The molecular formula is C16H18N2. The van der Waals surface area contributed by atoms with Gasteiger partial charge in [0.25, 0.3) is 0 Å². The summed E-state index contributed by atoms with van der Waals surface area (Å²) in [7, 11) is 0. The van der Waals surface area contributed by atoms with Crippen molar-refractivity contribution in [2.45, 2.75) is 26.3 Å². The second-order valence-corrected chi connectivity index (χ2v) is 4.60. The van der Waals surface area contributed by atoms with Crippen LogP contribution >= 0.6 is 0 Å². The smallest absolute Gasteiger partial charge is 0.0887 e. The summed E-state index contributed by atoms with van der Waals surface area (Å²) in [6.45, 7) is 4.06. The van der Waals surface area contributed by atoms with Crippen molar-refractivity contribution in [3.05, 3.63) is 65.7 Å². The van der Waals surface area contributed by atoms with Crippen molar-refractivity contribution < 1.29 is 0 Å². The Bertz CT molecular complexity index is 516. The Labute approximate surface area is 108 Å². The lowest BCUT2D eigenvalue weighted by atomic mass is 10.0. The van der Waals surface area contributed by atoms with Gasteiger partial charge in [-0.2, -0.15) is 10.2 Å². The van der Waals surface area contributed by atoms with E-state index in [1.807, 2.05) is 38.1 Å². The van der Waals surface area contributed by atoms with Gasteiger partial charge in [-0.15, -0.1) is 0 Å². The Morgan fingerprint density at radius 2 is 1.56 bits per heavy atom. The lowest BCUT2D eigenvalue weighted by Crippen LogP contribution is -1.89. The molecule has 0 amide bonds. The lowest BCUT2D eigenvalue weighted by molar-refractivity contribution is 0.777. The molecule has 2 aromatic carbocycles. The predicted molar refractivity (Wildman–Crippen MR) is 75.3 cm³/mol. The summed E-state index contributed by atoms with van der Waals surface area (Å²) in [5, 5.41) is 8.55. The van der Waals surface area contributed by atoms with E-state index in [0.717, 1.165) is 12.1 Å². The summed E-state index contributed by atoms with van der Waals surface area (Å²) in [6.07, 6.45) is 0.897. The van der Waals surface area contributed by atoms with E-state index in [-0.39, 0.29) is 6.04 Å². The first kappa shape index (κ1) is 12.5. The topological polar surface area (TPSA) is 24.7 Å². The van der Waals surface area contributed by atoms with Gasteiger partial charge in [0.1, 0.15) is 0 Å². The molecule has 2 rings (SSSR count). The van der Waals surface area contributed by atoms with Gasteiger partial charge in [-0.05, 0) is 37.5 Å². The van der Waals surface area contributed by atoms with E-state index < -0.39 is 0 Å². The third-order valence-electron chi connectivity index (χ3n) is 2.63. The summed E-state index contributed by atoms with van der Waals surface area (Å²) in [5.74, 6) is 0. The average molecular weight is 238 g/mol. The van der Waals surface area contributed by atoms with Crippen molar-refractivity contribution in [2.75, 3.05) is 0 Å². The van der Waals surface area contributed by atoms with Gasteiger partial charge in [0.05, 0.1) is 11.7 Å². The minimum atomic E-state index is 0.231. The first-order valence-corrected chi connectivity index (χ1v) is 6.28. The maximum atomic E-state index is 4.33. The molecule has 0 heterocycles. The van der Waals surface area contributed by atoms with Crippen molar-refractivity contribution in [3.8, 4) is 0 Å². The number of hydrogen-bond donors (Lipinski definition) is 0. The van der Waals surface area contributed by atoms with Crippen LogP contribution in [0.15, 0.2) is 64.8 Å². The average Bonchev–Trinajstić information content (AvgIpc) is 2.39. The molecule has 0 aliphatic heterocycles. The molecule has 0 spiro atoms. The monoisotopic (exact) mass is 238 g/mol. The Balaban J connectivity index is 2.23. The van der Waals surface area contributed by atoms with E-state index in [0.29, 0.717) is 0 Å². The minimum absolute atomic E-state index is 0.231. The van der Waals surface area contributed by atoms with E-state index in [4.69, 9.17) is 0 Å². The second kappa shape index (κ2) is 6.10. The largest absolute Gasteiger partial charge is 0.186 e. The molecule has 0 bridgehead atoms. The summed E-state index contributed by atoms with van der Waals surface area (Å²) < 4.78 is 0. The number of azo groups is 1. The minimum Gasteiger partial charge on any atom is -0.186 e. The molecule has 0 fully saturated rings. The summed E-state index contributed by atoms with van der Waals surface area (Å²) in [6, 6.07) is 18.8. The van der Waals surface area contributed by atoms with Gasteiger partial charge in [0, 0.05) is 0 Å². The first-order chi connectivity index (χ1) is 8.75. The van der Waals surface area contributed by atoms with Crippen LogP contribution in [-0.4, -0.2) is 6.04 Å². The quantitative estimate of drug-likeness (QED) is 0.685. The summed E-state index contributed by atoms with van der Waals surface area (Å²) >= 11 is 0. The highest BCUT2D eigenvalue weighted by Crippen LogP contribution is 2.22. The van der Waals surface area contributed by atoms with Crippen LogP contribution in [0.2, 0.25) is 0 Å². The highest BCUT2D eigenvalue weighted by molar-refractivity contribution is 5.47. The van der Waals surface area contributed by atoms with Gasteiger partial charge in [-0.25, -0.2) is 0 Å². The Morgan fingerprint density at radius 3 is 2.28 bits per heavy atom. The molecular weight excluding hydrogens is 220 g/mol. The number of benzene rings is 2. The molecule has 92 valence electrons. The van der Waals surface area contributed by atoms with Crippen LogP contribution in [-0.2, 0) is 6.42 Å². The van der Waals surface area contributed by atoms with Crippen molar-refractivity contribution in [2.24, 2.45) is 10.2 Å². The lowest BCUT2D eigenvalue weighted by Gasteiger charge is -2.05. The fraction of sp³-hybridized carbons (Fsp3) is 0.250. The van der Waals surface area contributed by atoms with Crippen LogP contribution in [0.3, 0.4) is 0 Å². The standard InChI is InChI=1S/C16H18N2/c1-13(2)17-18-16-11-7-6-10-15(16)12-14-8-4-3-5-9-14/h3-11,13H,12H2,1-2H3. The molecule has 0 atom stereocenters. The van der Waals surface area contributed by atoms with Gasteiger partial charge >= 0.3 is 0 Å². The van der Waals surface area contributed by atoms with Gasteiger partial charge in [-0.3, -0.25) is 0 Å². The second-order valence-electron chi connectivity index (χ2n) is 4.60. The third-order valence-corrected chi connectivity index (χ3v) is 2.63. The Morgan fingerprint density at radius 1 is 0.889 bits per heavy atom. The Hall–Kier alpha value is -1.96. The number of rotatable bonds is 4.